The van der Waals surface area contributed by atoms with Crippen molar-refractivity contribution < 1.29 is 4.39 Å². The van der Waals surface area contributed by atoms with Crippen molar-refractivity contribution in [1.82, 2.24) is 5.32 Å². The molecular formula is C19H22FN. The van der Waals surface area contributed by atoms with Crippen LogP contribution in [0, 0.1) is 5.82 Å². The van der Waals surface area contributed by atoms with Crippen LogP contribution in [-0.4, -0.2) is 6.54 Å². The lowest BCUT2D eigenvalue weighted by atomic mass is 9.79. The maximum Gasteiger partial charge on any atom is 0.131 e. The quantitative estimate of drug-likeness (QED) is 0.825. The van der Waals surface area contributed by atoms with Gasteiger partial charge in [0.25, 0.3) is 0 Å². The third kappa shape index (κ3) is 3.16. The Kier molecular flexibility index (Phi) is 4.35. The van der Waals surface area contributed by atoms with Crippen LogP contribution >= 0.6 is 0 Å². The molecule has 0 amide bonds. The fraction of sp³-hybridized carbons (Fsp3) is 0.368. The number of hydrogen-bond donors (Lipinski definition) is 1. The van der Waals surface area contributed by atoms with Crippen molar-refractivity contribution >= 4 is 0 Å². The summed E-state index contributed by atoms with van der Waals surface area (Å²) in [6, 6.07) is 13.9. The number of hydrogen-bond acceptors (Lipinski definition) is 1. The van der Waals surface area contributed by atoms with E-state index in [4.69, 9.17) is 0 Å². The van der Waals surface area contributed by atoms with Crippen LogP contribution in [0.25, 0.3) is 11.1 Å². The summed E-state index contributed by atoms with van der Waals surface area (Å²) >= 11 is 0. The molecule has 0 heterocycles. The highest BCUT2D eigenvalue weighted by atomic mass is 19.1. The molecule has 1 fully saturated rings. The van der Waals surface area contributed by atoms with E-state index in [0.717, 1.165) is 24.2 Å². The van der Waals surface area contributed by atoms with Crippen LogP contribution < -0.4 is 5.32 Å². The van der Waals surface area contributed by atoms with Crippen molar-refractivity contribution in [3.63, 3.8) is 0 Å². The van der Waals surface area contributed by atoms with Crippen LogP contribution in [0.2, 0.25) is 0 Å². The van der Waals surface area contributed by atoms with Gasteiger partial charge in [0.2, 0.25) is 0 Å². The molecule has 1 aliphatic rings. The summed E-state index contributed by atoms with van der Waals surface area (Å²) in [6.45, 7) is 3.67. The van der Waals surface area contributed by atoms with Gasteiger partial charge < -0.3 is 5.32 Å². The van der Waals surface area contributed by atoms with Crippen molar-refractivity contribution in [2.24, 2.45) is 0 Å². The van der Waals surface area contributed by atoms with Crippen molar-refractivity contribution in [3.8, 4) is 11.1 Å². The second-order valence-electron chi connectivity index (χ2n) is 5.85. The van der Waals surface area contributed by atoms with E-state index in [-0.39, 0.29) is 5.82 Å². The summed E-state index contributed by atoms with van der Waals surface area (Å²) in [5.74, 6) is 0.553. The van der Waals surface area contributed by atoms with Crippen molar-refractivity contribution in [3.05, 3.63) is 59.4 Å². The monoisotopic (exact) mass is 283 g/mol. The summed E-state index contributed by atoms with van der Waals surface area (Å²) < 4.78 is 14.4. The van der Waals surface area contributed by atoms with Gasteiger partial charge in [-0.3, -0.25) is 0 Å². The molecule has 2 aromatic carbocycles. The Hall–Kier alpha value is -1.67. The number of benzene rings is 2. The molecule has 0 aromatic heterocycles. The lowest BCUT2D eigenvalue weighted by Gasteiger charge is -2.26. The fourth-order valence-electron chi connectivity index (χ4n) is 2.87. The maximum absolute atomic E-state index is 14.4. The number of halogens is 1. The first-order valence-corrected chi connectivity index (χ1v) is 7.87. The van der Waals surface area contributed by atoms with E-state index >= 15 is 0 Å². The fourth-order valence-corrected chi connectivity index (χ4v) is 2.87. The average Bonchev–Trinajstić information content (AvgIpc) is 2.44. The van der Waals surface area contributed by atoms with E-state index in [0.29, 0.717) is 11.5 Å². The Balaban J connectivity index is 1.85. The van der Waals surface area contributed by atoms with Crippen LogP contribution in [0.5, 0.6) is 0 Å². The van der Waals surface area contributed by atoms with Gasteiger partial charge in [-0.05, 0) is 48.1 Å². The summed E-state index contributed by atoms with van der Waals surface area (Å²) in [6.07, 6.45) is 3.86. The van der Waals surface area contributed by atoms with Gasteiger partial charge in [-0.25, -0.2) is 4.39 Å². The van der Waals surface area contributed by atoms with Crippen molar-refractivity contribution in [2.75, 3.05) is 6.54 Å². The highest BCUT2D eigenvalue weighted by Gasteiger charge is 2.19. The molecule has 2 heteroatoms. The van der Waals surface area contributed by atoms with Gasteiger partial charge in [0.05, 0.1) is 0 Å². The van der Waals surface area contributed by atoms with Gasteiger partial charge in [-0.2, -0.15) is 0 Å². The summed E-state index contributed by atoms with van der Waals surface area (Å²) in [5.41, 5.74) is 4.05. The molecule has 0 aliphatic heterocycles. The standard InChI is InChI=1S/C19H22FN/c1-2-21-13-14-9-10-18(19(20)11-14)17-8-4-7-16(12-17)15-5-3-6-15/h4,7-12,15,21H,2-3,5-6,13H2,1H3. The van der Waals surface area contributed by atoms with E-state index in [1.165, 1.54) is 24.8 Å². The van der Waals surface area contributed by atoms with Gasteiger partial charge in [-0.1, -0.05) is 49.7 Å². The van der Waals surface area contributed by atoms with Gasteiger partial charge in [-0.15, -0.1) is 0 Å². The van der Waals surface area contributed by atoms with Gasteiger partial charge in [0.1, 0.15) is 5.82 Å². The molecule has 21 heavy (non-hydrogen) atoms. The first-order chi connectivity index (χ1) is 10.3. The van der Waals surface area contributed by atoms with Crippen molar-refractivity contribution in [1.29, 1.82) is 0 Å². The number of rotatable bonds is 5. The highest BCUT2D eigenvalue weighted by molar-refractivity contribution is 5.65. The predicted molar refractivity (Wildman–Crippen MR) is 85.8 cm³/mol. The van der Waals surface area contributed by atoms with Gasteiger partial charge in [0, 0.05) is 12.1 Å². The topological polar surface area (TPSA) is 12.0 Å². The Bertz CT molecular complexity index is 617. The molecule has 1 nitrogen and oxygen atoms in total. The molecule has 0 saturated heterocycles. The van der Waals surface area contributed by atoms with E-state index in [2.05, 4.69) is 30.4 Å². The Morgan fingerprint density at radius 3 is 2.67 bits per heavy atom. The Morgan fingerprint density at radius 1 is 1.14 bits per heavy atom. The molecule has 0 spiro atoms. The predicted octanol–water partition coefficient (Wildman–Crippen LogP) is 4.87. The van der Waals surface area contributed by atoms with E-state index in [1.807, 2.05) is 18.2 Å². The van der Waals surface area contributed by atoms with Crippen LogP contribution in [0.1, 0.15) is 43.2 Å². The lowest BCUT2D eigenvalue weighted by Crippen LogP contribution is -2.11. The maximum atomic E-state index is 14.4. The minimum Gasteiger partial charge on any atom is -0.313 e. The first kappa shape index (κ1) is 14.3. The molecular weight excluding hydrogens is 261 g/mol. The summed E-state index contributed by atoms with van der Waals surface area (Å²) in [5, 5.41) is 3.22. The van der Waals surface area contributed by atoms with E-state index in [9.17, 15) is 4.39 Å². The van der Waals surface area contributed by atoms with Crippen LogP contribution in [0.4, 0.5) is 4.39 Å². The summed E-state index contributed by atoms with van der Waals surface area (Å²) in [7, 11) is 0. The van der Waals surface area contributed by atoms with Crippen LogP contribution in [-0.2, 0) is 6.54 Å². The third-order valence-electron chi connectivity index (χ3n) is 4.39. The smallest absolute Gasteiger partial charge is 0.131 e. The second kappa shape index (κ2) is 6.40. The first-order valence-electron chi connectivity index (χ1n) is 7.87. The largest absolute Gasteiger partial charge is 0.313 e. The molecule has 1 N–H and O–H groups in total. The Morgan fingerprint density at radius 2 is 2.00 bits per heavy atom. The van der Waals surface area contributed by atoms with Crippen LogP contribution in [0.3, 0.4) is 0 Å². The molecule has 1 aliphatic carbocycles. The number of nitrogens with one attached hydrogen (secondary N) is 1. The third-order valence-corrected chi connectivity index (χ3v) is 4.39. The molecule has 0 unspecified atom stereocenters. The average molecular weight is 283 g/mol. The molecule has 0 atom stereocenters. The lowest BCUT2D eigenvalue weighted by molar-refractivity contribution is 0.420. The SMILES string of the molecule is CCNCc1ccc(-c2cccc(C3CCC3)c2)c(F)c1. The van der Waals surface area contributed by atoms with Gasteiger partial charge in [0.15, 0.2) is 0 Å². The minimum atomic E-state index is -0.129. The molecule has 0 radical (unpaired) electrons. The van der Waals surface area contributed by atoms with E-state index < -0.39 is 0 Å². The van der Waals surface area contributed by atoms with E-state index in [1.54, 1.807) is 6.07 Å². The highest BCUT2D eigenvalue weighted by Crippen LogP contribution is 2.37. The molecule has 0 bridgehead atoms. The normalized spacial score (nSPS) is 15.0. The zero-order valence-corrected chi connectivity index (χ0v) is 12.5. The second-order valence-corrected chi connectivity index (χ2v) is 5.85. The molecule has 1 saturated carbocycles. The summed E-state index contributed by atoms with van der Waals surface area (Å²) in [4.78, 5) is 0. The molecule has 3 rings (SSSR count). The van der Waals surface area contributed by atoms with Crippen molar-refractivity contribution in [2.45, 2.75) is 38.6 Å². The zero-order chi connectivity index (χ0) is 14.7. The molecule has 2 aromatic rings. The van der Waals surface area contributed by atoms with Crippen LogP contribution in [0.15, 0.2) is 42.5 Å². The van der Waals surface area contributed by atoms with Gasteiger partial charge >= 0.3 is 0 Å². The zero-order valence-electron chi connectivity index (χ0n) is 12.5. The molecule has 110 valence electrons. The minimum absolute atomic E-state index is 0.129. The Labute approximate surface area is 126 Å².